The van der Waals surface area contributed by atoms with Crippen LogP contribution in [0.2, 0.25) is 0 Å². The van der Waals surface area contributed by atoms with Crippen molar-refractivity contribution in [2.45, 2.75) is 115 Å². The van der Waals surface area contributed by atoms with Crippen LogP contribution in [0.15, 0.2) is 36.4 Å². The Kier molecular flexibility index (Phi) is 12.9. The van der Waals surface area contributed by atoms with Gasteiger partial charge in [0.15, 0.2) is 12.6 Å². The normalized spacial score (nSPS) is 28.2. The van der Waals surface area contributed by atoms with Gasteiger partial charge in [-0.15, -0.1) is 0 Å². The molecule has 3 rings (SSSR count). The zero-order chi connectivity index (χ0) is 25.6. The van der Waals surface area contributed by atoms with Crippen LogP contribution in [-0.4, -0.2) is 61.2 Å². The topological polar surface area (TPSA) is 86.2 Å². The van der Waals surface area contributed by atoms with Gasteiger partial charge in [0.05, 0.1) is 6.61 Å². The van der Waals surface area contributed by atoms with Gasteiger partial charge in [0.25, 0.3) is 0 Å². The molecule has 0 spiro atoms. The Labute approximate surface area is 216 Å². The summed E-state index contributed by atoms with van der Waals surface area (Å²) in [4.78, 5) is 11.8. The molecule has 36 heavy (non-hydrogen) atoms. The molecule has 0 saturated carbocycles. The lowest BCUT2D eigenvalue weighted by Gasteiger charge is -2.47. The maximum Gasteiger partial charge on any atom is 0.217 e. The van der Waals surface area contributed by atoms with Gasteiger partial charge >= 0.3 is 0 Å². The molecule has 0 unspecified atom stereocenters. The Morgan fingerprint density at radius 1 is 1.03 bits per heavy atom. The molecule has 7 nitrogen and oxygen atoms in total. The van der Waals surface area contributed by atoms with Gasteiger partial charge in [0.1, 0.15) is 24.4 Å². The number of hydrogen-bond donors (Lipinski definition) is 2. The molecule has 6 atom stereocenters. The molecule has 1 aromatic carbocycles. The number of carbonyl (C=O) groups is 1. The fourth-order valence-electron chi connectivity index (χ4n) is 4.78. The maximum atomic E-state index is 11.8. The van der Waals surface area contributed by atoms with E-state index in [2.05, 4.69) is 12.2 Å². The average Bonchev–Trinajstić information content (AvgIpc) is 2.88. The van der Waals surface area contributed by atoms with Gasteiger partial charge in [-0.2, -0.15) is 0 Å². The van der Waals surface area contributed by atoms with Gasteiger partial charge in [-0.3, -0.25) is 4.79 Å². The lowest BCUT2D eigenvalue weighted by atomic mass is 9.96. The monoisotopic (exact) mass is 503 g/mol. The Bertz CT molecular complexity index is 772. The summed E-state index contributed by atoms with van der Waals surface area (Å²) in [5.41, 5.74) is 1.03. The smallest absolute Gasteiger partial charge is 0.217 e. The molecule has 2 saturated heterocycles. The fourth-order valence-corrected chi connectivity index (χ4v) is 4.78. The highest BCUT2D eigenvalue weighted by Gasteiger charge is 2.49. The highest BCUT2D eigenvalue weighted by atomic mass is 16.7. The summed E-state index contributed by atoms with van der Waals surface area (Å²) in [6, 6.07) is 9.16. The lowest BCUT2D eigenvalue weighted by Crippen LogP contribution is -2.67. The van der Waals surface area contributed by atoms with Crippen LogP contribution in [0.3, 0.4) is 0 Å². The van der Waals surface area contributed by atoms with Crippen LogP contribution in [0.1, 0.15) is 83.6 Å². The molecule has 2 fully saturated rings. The van der Waals surface area contributed by atoms with Gasteiger partial charge in [-0.05, 0) is 18.1 Å². The second kappa shape index (κ2) is 16.2. The van der Waals surface area contributed by atoms with E-state index in [0.717, 1.165) is 18.4 Å². The molecule has 0 aliphatic carbocycles. The van der Waals surface area contributed by atoms with Crippen molar-refractivity contribution < 1.29 is 28.8 Å². The van der Waals surface area contributed by atoms with Crippen LogP contribution in [0.25, 0.3) is 6.08 Å². The third-order valence-corrected chi connectivity index (χ3v) is 6.78. The standard InChI is InChI=1S/C29H45NO6/c1-3-4-5-6-7-8-9-10-11-15-20-33-29-26(30-22(2)31)27(32)28-24(35-29)21-34-25(36-28)19-18-23-16-13-12-14-17-23/h12-14,16-19,24-29,32H,3-11,15,20-21H2,1-2H3,(H,30,31)/b19-18+/t24-,25-,26-,27+,28-,29-/m1/s1. The van der Waals surface area contributed by atoms with Gasteiger partial charge in [0, 0.05) is 13.5 Å². The predicted octanol–water partition coefficient (Wildman–Crippen LogP) is 4.97. The van der Waals surface area contributed by atoms with E-state index < -0.39 is 36.9 Å². The largest absolute Gasteiger partial charge is 0.388 e. The molecule has 1 aromatic rings. The van der Waals surface area contributed by atoms with Gasteiger partial charge < -0.3 is 29.4 Å². The van der Waals surface area contributed by atoms with Gasteiger partial charge in [-0.1, -0.05) is 101 Å². The molecule has 0 bridgehead atoms. The number of ether oxygens (including phenoxy) is 4. The minimum atomic E-state index is -0.970. The van der Waals surface area contributed by atoms with E-state index in [0.29, 0.717) is 6.61 Å². The van der Waals surface area contributed by atoms with E-state index in [1.54, 1.807) is 0 Å². The number of rotatable bonds is 15. The fraction of sp³-hybridized carbons (Fsp3) is 0.690. The van der Waals surface area contributed by atoms with Crippen molar-refractivity contribution in [3.63, 3.8) is 0 Å². The molecule has 0 radical (unpaired) electrons. The minimum Gasteiger partial charge on any atom is -0.388 e. The number of hydrogen-bond acceptors (Lipinski definition) is 6. The quantitative estimate of drug-likeness (QED) is 0.329. The van der Waals surface area contributed by atoms with E-state index >= 15 is 0 Å². The minimum absolute atomic E-state index is 0.249. The number of unbranched alkanes of at least 4 members (excludes halogenated alkanes) is 9. The van der Waals surface area contributed by atoms with Crippen LogP contribution < -0.4 is 5.32 Å². The molecule has 2 heterocycles. The summed E-state index contributed by atoms with van der Waals surface area (Å²) in [7, 11) is 0. The summed E-state index contributed by atoms with van der Waals surface area (Å²) >= 11 is 0. The number of nitrogens with one attached hydrogen (secondary N) is 1. The third kappa shape index (κ3) is 9.60. The molecular formula is C29H45NO6. The Morgan fingerprint density at radius 3 is 2.36 bits per heavy atom. The molecule has 7 heteroatoms. The Morgan fingerprint density at radius 2 is 1.69 bits per heavy atom. The lowest BCUT2D eigenvalue weighted by molar-refractivity contribution is -0.332. The van der Waals surface area contributed by atoms with Crippen LogP contribution >= 0.6 is 0 Å². The molecule has 202 valence electrons. The number of amides is 1. The number of aliphatic hydroxyl groups is 1. The highest BCUT2D eigenvalue weighted by Crippen LogP contribution is 2.30. The van der Waals surface area contributed by atoms with Crippen LogP contribution in [0, 0.1) is 0 Å². The van der Waals surface area contributed by atoms with Crippen molar-refractivity contribution in [2.24, 2.45) is 0 Å². The SMILES string of the molecule is CCCCCCCCCCCCO[C@@H]1O[C@@H]2CO[C@@H](/C=C/c3ccccc3)O[C@H]2[C@@H](O)[C@H]1NC(C)=O. The maximum absolute atomic E-state index is 11.8. The highest BCUT2D eigenvalue weighted by molar-refractivity contribution is 5.73. The van der Waals surface area contributed by atoms with Gasteiger partial charge in [-0.25, -0.2) is 0 Å². The first-order valence-electron chi connectivity index (χ1n) is 13.8. The van der Waals surface area contributed by atoms with Crippen molar-refractivity contribution in [1.82, 2.24) is 5.32 Å². The van der Waals surface area contributed by atoms with Crippen LogP contribution in [0.4, 0.5) is 0 Å². The first-order chi connectivity index (χ1) is 17.6. The van der Waals surface area contributed by atoms with Crippen LogP contribution in [0.5, 0.6) is 0 Å². The van der Waals surface area contributed by atoms with E-state index in [9.17, 15) is 9.90 Å². The zero-order valence-electron chi connectivity index (χ0n) is 22.0. The first-order valence-corrected chi connectivity index (χ1v) is 13.8. The number of benzene rings is 1. The molecule has 2 N–H and O–H groups in total. The first kappa shape index (κ1) is 28.8. The number of aliphatic hydroxyl groups excluding tert-OH is 1. The summed E-state index contributed by atoms with van der Waals surface area (Å²) in [5, 5.41) is 13.9. The van der Waals surface area contributed by atoms with Gasteiger partial charge in [0.2, 0.25) is 5.91 Å². The van der Waals surface area contributed by atoms with E-state index in [-0.39, 0.29) is 12.5 Å². The molecule has 2 aliphatic rings. The van der Waals surface area contributed by atoms with Crippen LogP contribution in [-0.2, 0) is 23.7 Å². The van der Waals surface area contributed by atoms with E-state index in [1.807, 2.05) is 42.5 Å². The average molecular weight is 504 g/mol. The number of fused-ring (bicyclic) bond motifs is 1. The summed E-state index contributed by atoms with van der Waals surface area (Å²) < 4.78 is 23.9. The predicted molar refractivity (Wildman–Crippen MR) is 140 cm³/mol. The Balaban J connectivity index is 1.42. The van der Waals surface area contributed by atoms with Crippen molar-refractivity contribution in [3.8, 4) is 0 Å². The van der Waals surface area contributed by atoms with Crippen molar-refractivity contribution in [1.29, 1.82) is 0 Å². The zero-order valence-corrected chi connectivity index (χ0v) is 22.0. The van der Waals surface area contributed by atoms with Crippen molar-refractivity contribution >= 4 is 12.0 Å². The number of carbonyl (C=O) groups excluding carboxylic acids is 1. The third-order valence-electron chi connectivity index (χ3n) is 6.78. The molecule has 1 amide bonds. The van der Waals surface area contributed by atoms with Crippen molar-refractivity contribution in [3.05, 3.63) is 42.0 Å². The second-order valence-electron chi connectivity index (χ2n) is 9.88. The van der Waals surface area contributed by atoms with E-state index in [1.165, 1.54) is 58.3 Å². The molecule has 0 aromatic heterocycles. The summed E-state index contributed by atoms with van der Waals surface area (Å²) in [5.74, 6) is -0.249. The second-order valence-corrected chi connectivity index (χ2v) is 9.88. The summed E-state index contributed by atoms with van der Waals surface area (Å²) in [6.07, 6.45) is 12.8. The molecule has 2 aliphatic heterocycles. The van der Waals surface area contributed by atoms with Crippen molar-refractivity contribution in [2.75, 3.05) is 13.2 Å². The summed E-state index contributed by atoms with van der Waals surface area (Å²) in [6.45, 7) is 4.46. The molecular weight excluding hydrogens is 458 g/mol. The van der Waals surface area contributed by atoms with E-state index in [4.69, 9.17) is 18.9 Å². The Hall–Kier alpha value is -1.77.